The number of nitrogens with one attached hydrogen (secondary N) is 1. The van der Waals surface area contributed by atoms with Gasteiger partial charge in [-0.2, -0.15) is 0 Å². The summed E-state index contributed by atoms with van der Waals surface area (Å²) in [5.41, 5.74) is 2.15. The highest BCUT2D eigenvalue weighted by Gasteiger charge is 2.03. The van der Waals surface area contributed by atoms with Crippen molar-refractivity contribution >= 4 is 40.0 Å². The number of aryl methyl sites for hydroxylation is 1. The monoisotopic (exact) mass is 269 g/mol. The van der Waals surface area contributed by atoms with E-state index in [4.69, 9.17) is 12.2 Å². The summed E-state index contributed by atoms with van der Waals surface area (Å²) in [6.45, 7) is 2.03. The normalized spacial score (nSPS) is 9.76. The molecule has 0 atom stereocenters. The van der Waals surface area contributed by atoms with E-state index in [1.54, 1.807) is 0 Å². The second-order valence-corrected chi connectivity index (χ2v) is 5.23. The van der Waals surface area contributed by atoms with Crippen molar-refractivity contribution in [2.45, 2.75) is 13.3 Å². The van der Waals surface area contributed by atoms with Gasteiger partial charge in [0, 0.05) is 11.4 Å². The van der Waals surface area contributed by atoms with Crippen LogP contribution in [0.4, 0.5) is 5.69 Å². The number of carbonyl (C=O) groups excluding carboxylic acids is 1. The van der Waals surface area contributed by atoms with Crippen LogP contribution in [-0.2, 0) is 9.53 Å². The third-order valence-electron chi connectivity index (χ3n) is 2.03. The minimum atomic E-state index is -0.212. The van der Waals surface area contributed by atoms with Gasteiger partial charge < -0.3 is 10.1 Å². The van der Waals surface area contributed by atoms with E-state index in [1.807, 2.05) is 31.2 Å². The van der Waals surface area contributed by atoms with E-state index in [9.17, 15) is 4.79 Å². The minimum Gasteiger partial charge on any atom is -0.469 e. The van der Waals surface area contributed by atoms with Crippen LogP contribution in [0.15, 0.2) is 24.3 Å². The summed E-state index contributed by atoms with van der Waals surface area (Å²) in [6, 6.07) is 7.98. The molecule has 0 fully saturated rings. The van der Waals surface area contributed by atoms with E-state index in [-0.39, 0.29) is 5.97 Å². The summed E-state index contributed by atoms with van der Waals surface area (Å²) in [4.78, 5) is 10.9. The maximum absolute atomic E-state index is 10.9. The average molecular weight is 269 g/mol. The van der Waals surface area contributed by atoms with Crippen molar-refractivity contribution in [3.05, 3.63) is 29.8 Å². The Labute approximate surface area is 111 Å². The SMILES string of the molecule is COC(=O)CCSC(=S)Nc1cccc(C)c1. The first-order valence-corrected chi connectivity index (χ1v) is 6.58. The third-order valence-corrected chi connectivity index (χ3v) is 3.26. The van der Waals surface area contributed by atoms with Crippen LogP contribution in [-0.4, -0.2) is 23.2 Å². The summed E-state index contributed by atoms with van der Waals surface area (Å²) in [7, 11) is 1.39. The highest BCUT2D eigenvalue weighted by molar-refractivity contribution is 8.23. The first-order valence-electron chi connectivity index (χ1n) is 5.19. The van der Waals surface area contributed by atoms with Gasteiger partial charge in [-0.15, -0.1) is 0 Å². The van der Waals surface area contributed by atoms with Gasteiger partial charge >= 0.3 is 5.97 Å². The molecule has 1 rings (SSSR count). The van der Waals surface area contributed by atoms with Crippen molar-refractivity contribution in [1.82, 2.24) is 0 Å². The third kappa shape index (κ3) is 5.70. The van der Waals surface area contributed by atoms with Gasteiger partial charge in [0.1, 0.15) is 4.32 Å². The zero-order valence-corrected chi connectivity index (χ0v) is 11.5. The van der Waals surface area contributed by atoms with Crippen LogP contribution in [0.2, 0.25) is 0 Å². The van der Waals surface area contributed by atoms with Crippen molar-refractivity contribution in [3.8, 4) is 0 Å². The molecule has 5 heteroatoms. The van der Waals surface area contributed by atoms with E-state index >= 15 is 0 Å². The van der Waals surface area contributed by atoms with Gasteiger partial charge in [-0.25, -0.2) is 0 Å². The molecule has 0 aliphatic heterocycles. The maximum Gasteiger partial charge on any atom is 0.306 e. The number of benzene rings is 1. The van der Waals surface area contributed by atoms with Gasteiger partial charge in [0.15, 0.2) is 0 Å². The number of esters is 1. The van der Waals surface area contributed by atoms with Gasteiger partial charge in [0.2, 0.25) is 0 Å². The van der Waals surface area contributed by atoms with Crippen LogP contribution in [0.5, 0.6) is 0 Å². The number of thiocarbonyl (C=S) groups is 1. The second kappa shape index (κ2) is 7.29. The minimum absolute atomic E-state index is 0.212. The number of ether oxygens (including phenoxy) is 1. The number of hydrogen-bond acceptors (Lipinski definition) is 4. The van der Waals surface area contributed by atoms with E-state index in [1.165, 1.54) is 24.4 Å². The molecule has 0 heterocycles. The molecule has 1 aromatic carbocycles. The summed E-state index contributed by atoms with van der Waals surface area (Å²) in [5.74, 6) is 0.417. The molecular formula is C12H15NO2S2. The average Bonchev–Trinajstić information content (AvgIpc) is 2.28. The van der Waals surface area contributed by atoms with Crippen LogP contribution in [0.25, 0.3) is 0 Å². The van der Waals surface area contributed by atoms with Gasteiger partial charge in [0.05, 0.1) is 13.5 Å². The fraction of sp³-hybridized carbons (Fsp3) is 0.333. The van der Waals surface area contributed by atoms with Crippen molar-refractivity contribution in [3.63, 3.8) is 0 Å². The van der Waals surface area contributed by atoms with E-state index in [0.717, 1.165) is 5.69 Å². The van der Waals surface area contributed by atoms with E-state index < -0.39 is 0 Å². The summed E-state index contributed by atoms with van der Waals surface area (Å²) >= 11 is 6.61. The largest absolute Gasteiger partial charge is 0.469 e. The van der Waals surface area contributed by atoms with Crippen molar-refractivity contribution in [2.75, 3.05) is 18.2 Å². The predicted octanol–water partition coefficient (Wildman–Crippen LogP) is 2.99. The number of carbonyl (C=O) groups is 1. The van der Waals surface area contributed by atoms with E-state index in [2.05, 4.69) is 10.1 Å². The second-order valence-electron chi connectivity index (χ2n) is 3.46. The zero-order valence-electron chi connectivity index (χ0n) is 9.86. The molecule has 0 bridgehead atoms. The summed E-state index contributed by atoms with van der Waals surface area (Å²) < 4.78 is 5.22. The molecule has 0 saturated carbocycles. The zero-order chi connectivity index (χ0) is 12.7. The molecule has 0 radical (unpaired) electrons. The Balaban J connectivity index is 2.32. The van der Waals surface area contributed by atoms with Crippen LogP contribution in [0, 0.1) is 6.92 Å². The lowest BCUT2D eigenvalue weighted by molar-refractivity contribution is -0.140. The number of rotatable bonds is 4. The molecule has 0 saturated heterocycles. The lowest BCUT2D eigenvalue weighted by Crippen LogP contribution is -2.08. The lowest BCUT2D eigenvalue weighted by atomic mass is 10.2. The molecule has 1 aromatic rings. The van der Waals surface area contributed by atoms with Gasteiger partial charge in [0.25, 0.3) is 0 Å². The quantitative estimate of drug-likeness (QED) is 0.672. The Kier molecular flexibility index (Phi) is 6.00. The number of anilines is 1. The van der Waals surface area contributed by atoms with Crippen molar-refractivity contribution in [2.24, 2.45) is 0 Å². The standard InChI is InChI=1S/C12H15NO2S2/c1-9-4-3-5-10(8-9)13-12(16)17-7-6-11(14)15-2/h3-5,8H,6-7H2,1-2H3,(H,13,16). The Morgan fingerprint density at radius 1 is 1.53 bits per heavy atom. The molecule has 17 heavy (non-hydrogen) atoms. The fourth-order valence-corrected chi connectivity index (χ4v) is 2.22. The maximum atomic E-state index is 10.9. The Bertz CT molecular complexity index is 407. The van der Waals surface area contributed by atoms with Gasteiger partial charge in [-0.05, 0) is 24.6 Å². The molecule has 3 nitrogen and oxygen atoms in total. The van der Waals surface area contributed by atoms with Crippen LogP contribution < -0.4 is 5.32 Å². The number of thioether (sulfide) groups is 1. The first kappa shape index (κ1) is 14.0. The lowest BCUT2D eigenvalue weighted by Gasteiger charge is -2.07. The molecular weight excluding hydrogens is 254 g/mol. The molecule has 0 aliphatic rings. The van der Waals surface area contributed by atoms with E-state index in [0.29, 0.717) is 16.5 Å². The molecule has 92 valence electrons. The van der Waals surface area contributed by atoms with Gasteiger partial charge in [-0.3, -0.25) is 4.79 Å². The highest BCUT2D eigenvalue weighted by Crippen LogP contribution is 2.14. The molecule has 0 unspecified atom stereocenters. The van der Waals surface area contributed by atoms with Crippen molar-refractivity contribution < 1.29 is 9.53 Å². The summed E-state index contributed by atoms with van der Waals surface area (Å²) in [5, 5.41) is 3.12. The fourth-order valence-electron chi connectivity index (χ4n) is 1.21. The van der Waals surface area contributed by atoms with Crippen LogP contribution >= 0.6 is 24.0 Å². The molecule has 1 N–H and O–H groups in total. The van der Waals surface area contributed by atoms with Crippen LogP contribution in [0.1, 0.15) is 12.0 Å². The van der Waals surface area contributed by atoms with Gasteiger partial charge in [-0.1, -0.05) is 36.1 Å². The highest BCUT2D eigenvalue weighted by atomic mass is 32.2. The Morgan fingerprint density at radius 3 is 2.94 bits per heavy atom. The number of methoxy groups -OCH3 is 1. The summed E-state index contributed by atoms with van der Waals surface area (Å²) in [6.07, 6.45) is 0.372. The predicted molar refractivity (Wildman–Crippen MR) is 76.5 cm³/mol. The molecule has 0 aliphatic carbocycles. The first-order chi connectivity index (χ1) is 8.11. The molecule has 0 spiro atoms. The molecule has 0 amide bonds. The number of hydrogen-bond donors (Lipinski definition) is 1. The topological polar surface area (TPSA) is 38.3 Å². The van der Waals surface area contributed by atoms with Crippen molar-refractivity contribution in [1.29, 1.82) is 0 Å². The molecule has 0 aromatic heterocycles. The van der Waals surface area contributed by atoms with Crippen LogP contribution in [0.3, 0.4) is 0 Å². The Morgan fingerprint density at radius 2 is 2.29 bits per heavy atom. The smallest absolute Gasteiger partial charge is 0.306 e. The Hall–Kier alpha value is -1.07.